The SMILES string of the molecule is COC(=O)C1=C(Nc2cccc(C(C)NC(C)=O)c2)C(=O)N(CCO)C1. The quantitative estimate of drug-likeness (QED) is 0.613. The molecule has 1 aliphatic rings. The Kier molecular flexibility index (Phi) is 6.35. The van der Waals surface area contributed by atoms with Crippen molar-refractivity contribution < 1.29 is 24.2 Å². The number of benzene rings is 1. The molecule has 2 amide bonds. The Morgan fingerprint density at radius 2 is 2.12 bits per heavy atom. The summed E-state index contributed by atoms with van der Waals surface area (Å²) in [5.41, 5.74) is 1.80. The molecule has 1 aromatic carbocycles. The maximum atomic E-state index is 12.5. The molecule has 1 heterocycles. The number of rotatable bonds is 7. The summed E-state index contributed by atoms with van der Waals surface area (Å²) in [6.07, 6.45) is 0. The van der Waals surface area contributed by atoms with E-state index >= 15 is 0 Å². The third-order valence-electron chi connectivity index (χ3n) is 4.03. The molecule has 0 saturated carbocycles. The fourth-order valence-electron chi connectivity index (χ4n) is 2.77. The lowest BCUT2D eigenvalue weighted by atomic mass is 10.1. The summed E-state index contributed by atoms with van der Waals surface area (Å²) in [6, 6.07) is 7.00. The number of β-amino-alcohol motifs (C(OH)–C–C–N with tert-alkyl or cyclic N) is 1. The lowest BCUT2D eigenvalue weighted by Crippen LogP contribution is -2.31. The Labute approximate surface area is 151 Å². The lowest BCUT2D eigenvalue weighted by Gasteiger charge is -2.16. The van der Waals surface area contributed by atoms with E-state index in [0.717, 1.165) is 5.56 Å². The van der Waals surface area contributed by atoms with E-state index in [1.165, 1.54) is 18.9 Å². The van der Waals surface area contributed by atoms with Gasteiger partial charge in [-0.25, -0.2) is 4.79 Å². The van der Waals surface area contributed by atoms with Crippen molar-refractivity contribution >= 4 is 23.5 Å². The minimum Gasteiger partial charge on any atom is -0.466 e. The summed E-state index contributed by atoms with van der Waals surface area (Å²) < 4.78 is 4.76. The van der Waals surface area contributed by atoms with Gasteiger partial charge in [-0.05, 0) is 24.6 Å². The largest absolute Gasteiger partial charge is 0.466 e. The Morgan fingerprint density at radius 3 is 2.73 bits per heavy atom. The standard InChI is InChI=1S/C18H23N3O5/c1-11(19-12(2)23)13-5-4-6-14(9-13)20-16-15(18(25)26-3)10-21(7-8-22)17(16)24/h4-6,9,11,20,22H,7-8,10H2,1-3H3,(H,19,23). The summed E-state index contributed by atoms with van der Waals surface area (Å²) in [5, 5.41) is 14.9. The molecule has 8 heteroatoms. The zero-order chi connectivity index (χ0) is 19.3. The maximum Gasteiger partial charge on any atom is 0.337 e. The monoisotopic (exact) mass is 361 g/mol. The predicted molar refractivity (Wildman–Crippen MR) is 95.0 cm³/mol. The Morgan fingerprint density at radius 1 is 1.38 bits per heavy atom. The van der Waals surface area contributed by atoms with Gasteiger partial charge in [-0.3, -0.25) is 9.59 Å². The zero-order valence-corrected chi connectivity index (χ0v) is 15.0. The summed E-state index contributed by atoms with van der Waals surface area (Å²) in [4.78, 5) is 37.1. The molecule has 0 aliphatic carbocycles. The normalized spacial score (nSPS) is 15.1. The molecule has 0 saturated heterocycles. The summed E-state index contributed by atoms with van der Waals surface area (Å²) in [5.74, 6) is -1.11. The van der Waals surface area contributed by atoms with Crippen LogP contribution in [0, 0.1) is 0 Å². The van der Waals surface area contributed by atoms with Crippen LogP contribution in [0.2, 0.25) is 0 Å². The molecule has 1 aromatic rings. The molecule has 0 spiro atoms. The number of methoxy groups -OCH3 is 1. The average molecular weight is 361 g/mol. The number of nitrogens with one attached hydrogen (secondary N) is 2. The molecule has 0 fully saturated rings. The molecule has 3 N–H and O–H groups in total. The first-order valence-corrected chi connectivity index (χ1v) is 8.23. The molecule has 0 aromatic heterocycles. The molecule has 1 unspecified atom stereocenters. The van der Waals surface area contributed by atoms with E-state index in [-0.39, 0.29) is 48.8 Å². The molecule has 0 bridgehead atoms. The molecule has 140 valence electrons. The third-order valence-corrected chi connectivity index (χ3v) is 4.03. The second-order valence-electron chi connectivity index (χ2n) is 5.97. The van der Waals surface area contributed by atoms with E-state index < -0.39 is 5.97 Å². The lowest BCUT2D eigenvalue weighted by molar-refractivity contribution is -0.136. The Bertz CT molecular complexity index is 744. The summed E-state index contributed by atoms with van der Waals surface area (Å²) >= 11 is 0. The third kappa shape index (κ3) is 4.40. The number of nitrogens with zero attached hydrogens (tertiary/aromatic N) is 1. The van der Waals surface area contributed by atoms with E-state index in [0.29, 0.717) is 5.69 Å². The predicted octanol–water partition coefficient (Wildman–Crippen LogP) is 0.557. The molecular weight excluding hydrogens is 338 g/mol. The minimum atomic E-state index is -0.593. The molecule has 2 rings (SSSR count). The van der Waals surface area contributed by atoms with Gasteiger partial charge in [-0.2, -0.15) is 0 Å². The van der Waals surface area contributed by atoms with Gasteiger partial charge < -0.3 is 25.4 Å². The molecular formula is C18H23N3O5. The fourth-order valence-corrected chi connectivity index (χ4v) is 2.77. The molecule has 1 aliphatic heterocycles. The molecule has 0 radical (unpaired) electrons. The van der Waals surface area contributed by atoms with E-state index in [1.807, 2.05) is 13.0 Å². The Hall–Kier alpha value is -2.87. The highest BCUT2D eigenvalue weighted by Gasteiger charge is 2.34. The topological polar surface area (TPSA) is 108 Å². The number of aliphatic hydroxyl groups excluding tert-OH is 1. The number of esters is 1. The number of hydrogen-bond donors (Lipinski definition) is 3. The van der Waals surface area contributed by atoms with Crippen LogP contribution in [0.4, 0.5) is 5.69 Å². The van der Waals surface area contributed by atoms with Crippen LogP contribution >= 0.6 is 0 Å². The minimum absolute atomic E-state index is 0.0797. The van der Waals surface area contributed by atoms with E-state index in [4.69, 9.17) is 9.84 Å². The van der Waals surface area contributed by atoms with Crippen LogP contribution in [0.25, 0.3) is 0 Å². The van der Waals surface area contributed by atoms with Crippen molar-refractivity contribution in [1.82, 2.24) is 10.2 Å². The van der Waals surface area contributed by atoms with Crippen LogP contribution in [0.3, 0.4) is 0 Å². The number of hydrogen-bond acceptors (Lipinski definition) is 6. The van der Waals surface area contributed by atoms with Crippen molar-refractivity contribution in [3.8, 4) is 0 Å². The van der Waals surface area contributed by atoms with Crippen molar-refractivity contribution in [2.75, 3.05) is 32.1 Å². The first-order chi connectivity index (χ1) is 12.4. The molecule has 26 heavy (non-hydrogen) atoms. The highest BCUT2D eigenvalue weighted by atomic mass is 16.5. The summed E-state index contributed by atoms with van der Waals surface area (Å²) in [6.45, 7) is 3.31. The average Bonchev–Trinajstić information content (AvgIpc) is 2.91. The van der Waals surface area contributed by atoms with Crippen LogP contribution in [0.15, 0.2) is 35.5 Å². The van der Waals surface area contributed by atoms with Gasteiger partial charge in [0.05, 0.1) is 31.9 Å². The Balaban J connectivity index is 2.28. The van der Waals surface area contributed by atoms with Gasteiger partial charge in [-0.1, -0.05) is 12.1 Å². The van der Waals surface area contributed by atoms with Gasteiger partial charge in [0.1, 0.15) is 5.70 Å². The zero-order valence-electron chi connectivity index (χ0n) is 15.0. The number of carbonyl (C=O) groups is 3. The number of amides is 2. The van der Waals surface area contributed by atoms with Crippen molar-refractivity contribution in [1.29, 1.82) is 0 Å². The van der Waals surface area contributed by atoms with Crippen molar-refractivity contribution in [2.45, 2.75) is 19.9 Å². The van der Waals surface area contributed by atoms with Crippen LogP contribution in [-0.2, 0) is 19.1 Å². The van der Waals surface area contributed by atoms with Gasteiger partial charge in [0.15, 0.2) is 0 Å². The van der Waals surface area contributed by atoms with Crippen molar-refractivity contribution in [3.63, 3.8) is 0 Å². The van der Waals surface area contributed by atoms with Gasteiger partial charge in [-0.15, -0.1) is 0 Å². The number of anilines is 1. The summed E-state index contributed by atoms with van der Waals surface area (Å²) in [7, 11) is 1.25. The number of carbonyl (C=O) groups excluding carboxylic acids is 3. The van der Waals surface area contributed by atoms with Crippen molar-refractivity contribution in [2.24, 2.45) is 0 Å². The highest BCUT2D eigenvalue weighted by molar-refractivity contribution is 6.08. The smallest absolute Gasteiger partial charge is 0.337 e. The maximum absolute atomic E-state index is 12.5. The molecule has 1 atom stereocenters. The first kappa shape index (κ1) is 19.5. The molecule has 8 nitrogen and oxygen atoms in total. The number of ether oxygens (including phenoxy) is 1. The fraction of sp³-hybridized carbons (Fsp3) is 0.389. The van der Waals surface area contributed by atoms with Gasteiger partial charge in [0, 0.05) is 19.2 Å². The second kappa shape index (κ2) is 8.48. The first-order valence-electron chi connectivity index (χ1n) is 8.23. The van der Waals surface area contributed by atoms with Crippen LogP contribution < -0.4 is 10.6 Å². The van der Waals surface area contributed by atoms with Crippen LogP contribution in [-0.4, -0.2) is 54.6 Å². The van der Waals surface area contributed by atoms with Crippen LogP contribution in [0.1, 0.15) is 25.5 Å². The number of aliphatic hydroxyl groups is 1. The highest BCUT2D eigenvalue weighted by Crippen LogP contribution is 2.24. The second-order valence-corrected chi connectivity index (χ2v) is 5.97. The van der Waals surface area contributed by atoms with Crippen LogP contribution in [0.5, 0.6) is 0 Å². The van der Waals surface area contributed by atoms with E-state index in [2.05, 4.69) is 10.6 Å². The van der Waals surface area contributed by atoms with Crippen molar-refractivity contribution in [3.05, 3.63) is 41.1 Å². The van der Waals surface area contributed by atoms with E-state index in [9.17, 15) is 14.4 Å². The van der Waals surface area contributed by atoms with Gasteiger partial charge >= 0.3 is 5.97 Å². The van der Waals surface area contributed by atoms with E-state index in [1.54, 1.807) is 18.2 Å². The van der Waals surface area contributed by atoms with Gasteiger partial charge in [0.25, 0.3) is 5.91 Å². The van der Waals surface area contributed by atoms with Gasteiger partial charge in [0.2, 0.25) is 5.91 Å².